The van der Waals surface area contributed by atoms with E-state index in [9.17, 15) is 0 Å². The lowest BCUT2D eigenvalue weighted by molar-refractivity contribution is 0.180. The number of hydrogen-bond donors (Lipinski definition) is 6. The van der Waals surface area contributed by atoms with Gasteiger partial charge in [-0.3, -0.25) is 19.6 Å². The molecule has 0 unspecified atom stereocenters. The first-order valence-corrected chi connectivity index (χ1v) is 50.0. The van der Waals surface area contributed by atoms with Crippen molar-refractivity contribution in [3.8, 4) is 65.8 Å². The van der Waals surface area contributed by atoms with Crippen LogP contribution in [0.3, 0.4) is 0 Å². The molecule has 16 rings (SSSR count). The maximum absolute atomic E-state index is 5.95. The minimum atomic E-state index is 0.0586. The molecule has 0 radical (unpaired) electrons. The van der Waals surface area contributed by atoms with Crippen LogP contribution in [0, 0.1) is 41.5 Å². The van der Waals surface area contributed by atoms with Gasteiger partial charge in [-0.05, 0) is 197 Å². The van der Waals surface area contributed by atoms with Gasteiger partial charge < -0.3 is 53.3 Å². The highest BCUT2D eigenvalue weighted by atomic mass is 32.2. The molecule has 0 amide bonds. The number of aryl methyl sites for hydroxylation is 6. The Balaban J connectivity index is 0.000000145. The number of ether oxygens (including phenoxy) is 4. The molecule has 127 heavy (non-hydrogen) atoms. The molecule has 0 aromatic carbocycles. The van der Waals surface area contributed by atoms with Crippen molar-refractivity contribution < 1.29 is 18.9 Å². The second-order valence-electron chi connectivity index (χ2n) is 31.5. The van der Waals surface area contributed by atoms with Gasteiger partial charge >= 0.3 is 0 Å². The van der Waals surface area contributed by atoms with Crippen LogP contribution in [-0.4, -0.2) is 204 Å². The summed E-state index contributed by atoms with van der Waals surface area (Å²) in [7, 11) is 0. The minimum Gasteiger partial charge on any atom is -0.476 e. The fourth-order valence-electron chi connectivity index (χ4n) is 14.9. The first-order valence-electron chi connectivity index (χ1n) is 43.3. The number of nitrogen functional groups attached to an aromatic ring is 6. The van der Waals surface area contributed by atoms with Crippen molar-refractivity contribution in [2.24, 2.45) is 0 Å². The van der Waals surface area contributed by atoms with Gasteiger partial charge in [0.05, 0.1) is 43.8 Å². The number of nitrogens with zero attached hydrogens (tertiary/aromatic N) is 20. The largest absolute Gasteiger partial charge is 0.476 e. The fraction of sp³-hybridized carbons (Fsp3) is 0.461. The molecule has 12 aromatic heterocycles. The number of nitrogens with two attached hydrogens (primary N) is 6. The van der Waals surface area contributed by atoms with Gasteiger partial charge in [0.2, 0.25) is 23.5 Å². The Labute approximate surface area is 777 Å². The molecule has 4 aliphatic rings. The number of hydrogen-bond acceptors (Lipinski definition) is 38. The molecule has 4 saturated heterocycles. The van der Waals surface area contributed by atoms with E-state index in [1.54, 1.807) is 118 Å². The molecule has 4 atom stereocenters. The van der Waals surface area contributed by atoms with Crippen LogP contribution < -0.4 is 53.3 Å². The van der Waals surface area contributed by atoms with E-state index in [0.29, 0.717) is 105 Å². The highest BCUT2D eigenvalue weighted by molar-refractivity contribution is 8.00. The lowest BCUT2D eigenvalue weighted by Gasteiger charge is -2.26. The third-order valence-corrected chi connectivity index (χ3v) is 29.3. The lowest BCUT2D eigenvalue weighted by Crippen LogP contribution is -2.33. The van der Waals surface area contributed by atoms with Crippen LogP contribution in [0.2, 0.25) is 0 Å². The molecule has 4 fully saturated rings. The van der Waals surface area contributed by atoms with E-state index < -0.39 is 0 Å². The van der Waals surface area contributed by atoms with Crippen LogP contribution in [0.4, 0.5) is 34.9 Å². The van der Waals surface area contributed by atoms with Gasteiger partial charge in [-0.2, -0.15) is 0 Å². The van der Waals surface area contributed by atoms with Crippen molar-refractivity contribution in [3.05, 3.63) is 151 Å². The van der Waals surface area contributed by atoms with Crippen LogP contribution in [0.15, 0.2) is 118 Å². The molecule has 0 spiro atoms. The van der Waals surface area contributed by atoms with Crippen molar-refractivity contribution in [2.45, 2.75) is 181 Å². The number of thioether (sulfide) groups is 4. The van der Waals surface area contributed by atoms with E-state index >= 15 is 0 Å². The third kappa shape index (κ3) is 29.1. The van der Waals surface area contributed by atoms with Crippen LogP contribution >= 0.6 is 92.4 Å². The standard InChI is InChI=1S/C23H30N6OS2.2C22H29N7OS2.C22H28N6OS2/c1-15-13-19(24)27-23(26-15)32-17(3)21-16(2)31-22(28-21)18-7-8-25-20(14-18)30-12-11-29-9-5-4-6-10-29;2*1-14-20(15(2)32-22-26-17(23)13-18(24)27-22)28-21(31-14)16-6-7-25-19(12-16)30-11-10-29-8-4-3-5-9-29;1-14-12-18(23)26-22(25-14)31-16(3)20-15(2)30-21(27-20)17-6-7-24-19(13-17)29-11-10-28-8-4-5-9-28/h7-8,13-14,17H,4-6,9-12H2,1-3H3,(H2,24,26,27);2*6-7,12-13,15H,3-5,8-11H2,1-2H3,(H4,23,24,26,27);6-7,12-13,16H,4-5,8-11H2,1-3H3,(H2,23,25,26)/t17-;2*15-;16-/m1111/s1. The Morgan fingerprint density at radius 2 is 0.504 bits per heavy atom. The van der Waals surface area contributed by atoms with Gasteiger partial charge in [-0.15, -0.1) is 45.3 Å². The van der Waals surface area contributed by atoms with Crippen LogP contribution in [0.5, 0.6) is 23.5 Å². The Morgan fingerprint density at radius 3 is 0.732 bits per heavy atom. The van der Waals surface area contributed by atoms with Gasteiger partial charge in [0.1, 0.15) is 81.4 Å². The molecule has 12 aromatic rings. The van der Waals surface area contributed by atoms with Crippen molar-refractivity contribution in [3.63, 3.8) is 0 Å². The molecule has 4 aliphatic heterocycles. The first kappa shape index (κ1) is 95.3. The number of rotatable bonds is 32. The smallest absolute Gasteiger partial charge is 0.213 e. The summed E-state index contributed by atoms with van der Waals surface area (Å²) in [5, 5.41) is 6.64. The molecule has 0 saturated carbocycles. The average Bonchev–Trinajstić information content (AvgIpc) is 1.69. The summed E-state index contributed by atoms with van der Waals surface area (Å²) in [4.78, 5) is 86.4. The second kappa shape index (κ2) is 47.3. The molecule has 0 aliphatic carbocycles. The molecule has 12 N–H and O–H groups in total. The number of thiazole rings is 4. The van der Waals surface area contributed by atoms with Crippen molar-refractivity contribution >= 4 is 127 Å². The summed E-state index contributed by atoms with van der Waals surface area (Å²) in [5.41, 5.74) is 44.8. The predicted molar refractivity (Wildman–Crippen MR) is 520 cm³/mol. The summed E-state index contributed by atoms with van der Waals surface area (Å²) in [5.74, 6) is 5.04. The molecule has 16 heterocycles. The predicted octanol–water partition coefficient (Wildman–Crippen LogP) is 17.8. The monoisotopic (exact) mass is 1870 g/mol. The highest BCUT2D eigenvalue weighted by Crippen LogP contribution is 2.44. The summed E-state index contributed by atoms with van der Waals surface area (Å²) in [6, 6.07) is 22.5. The van der Waals surface area contributed by atoms with Gasteiger partial charge in [0.15, 0.2) is 20.6 Å². The SMILES string of the molecule is Cc1cc(N)nc(S[C@H](C)c2nc(-c3ccnc(OCCN4CCCC4)c3)sc2C)n1.Cc1cc(N)nc(S[C@H](C)c2nc(-c3ccnc(OCCN4CCCCC4)c3)sc2C)n1.Cc1sc(-c2ccnc(OCCN3CCCCC3)c2)nc1[C@@H](C)Sc1nc(N)cc(N)n1.Cc1sc(-c2ccnc(OCCN3CCCCC3)c2)nc1[C@@H](C)Sc1nc(N)cc(N)n1. The quantitative estimate of drug-likeness (QED) is 0.0168. The number of aromatic nitrogens is 16. The van der Waals surface area contributed by atoms with Crippen LogP contribution in [0.25, 0.3) is 42.3 Å². The van der Waals surface area contributed by atoms with E-state index in [2.05, 4.69) is 135 Å². The van der Waals surface area contributed by atoms with E-state index in [-0.39, 0.29) is 21.0 Å². The Morgan fingerprint density at radius 1 is 0.291 bits per heavy atom. The molecule has 38 heteroatoms. The Hall–Kier alpha value is -9.32. The Bertz CT molecular complexity index is 5050. The zero-order valence-corrected chi connectivity index (χ0v) is 80.5. The van der Waals surface area contributed by atoms with E-state index in [0.717, 1.165) is 112 Å². The van der Waals surface area contributed by atoms with Gasteiger partial charge in [0.25, 0.3) is 0 Å². The number of likely N-dealkylation sites (tertiary alicyclic amines) is 4. The second-order valence-corrected chi connectivity index (χ2v) is 41.5. The maximum Gasteiger partial charge on any atom is 0.213 e. The van der Waals surface area contributed by atoms with Crippen molar-refractivity contribution in [1.29, 1.82) is 0 Å². The van der Waals surface area contributed by atoms with Gasteiger partial charge in [-0.1, -0.05) is 66.3 Å². The van der Waals surface area contributed by atoms with E-state index in [1.807, 2.05) is 62.4 Å². The average molecular weight is 1870 g/mol. The lowest BCUT2D eigenvalue weighted by atomic mass is 10.1. The molecule has 30 nitrogen and oxygen atoms in total. The molecule has 674 valence electrons. The van der Waals surface area contributed by atoms with E-state index in [4.69, 9.17) is 73.3 Å². The number of piperidine rings is 3. The van der Waals surface area contributed by atoms with Gasteiger partial charge in [-0.25, -0.2) is 79.7 Å². The normalized spacial score (nSPS) is 15.5. The minimum absolute atomic E-state index is 0.0586. The van der Waals surface area contributed by atoms with E-state index in [1.165, 1.54) is 156 Å². The summed E-state index contributed by atoms with van der Waals surface area (Å²) in [6.45, 7) is 36.4. The summed E-state index contributed by atoms with van der Waals surface area (Å²) < 4.78 is 23.7. The zero-order valence-electron chi connectivity index (χ0n) is 73.9. The van der Waals surface area contributed by atoms with Crippen molar-refractivity contribution in [2.75, 3.05) is 139 Å². The maximum atomic E-state index is 5.95. The summed E-state index contributed by atoms with van der Waals surface area (Å²) in [6.07, 6.45) is 21.5. The summed E-state index contributed by atoms with van der Waals surface area (Å²) >= 11 is 12.8. The van der Waals surface area contributed by atoms with Gasteiger partial charge in [0, 0.05) is 153 Å². The third-order valence-electron chi connectivity index (χ3n) is 21.3. The Kier molecular flexibility index (Phi) is 35.5. The molecular formula is C89H116N26O4S8. The first-order chi connectivity index (χ1) is 61.4. The fourth-order valence-corrected chi connectivity index (χ4v) is 23.2. The van der Waals surface area contributed by atoms with Crippen LogP contribution in [0.1, 0.15) is 173 Å². The molecular weight excluding hydrogens is 1750 g/mol. The van der Waals surface area contributed by atoms with Crippen LogP contribution in [-0.2, 0) is 0 Å². The molecule has 0 bridgehead atoms. The topological polar surface area (TPSA) is 412 Å². The highest BCUT2D eigenvalue weighted by Gasteiger charge is 2.26. The van der Waals surface area contributed by atoms with Crippen molar-refractivity contribution in [1.82, 2.24) is 99.3 Å². The zero-order chi connectivity index (χ0) is 89.3. The number of pyridine rings is 4. The number of anilines is 6.